The van der Waals surface area contributed by atoms with E-state index >= 15 is 0 Å². The lowest BCUT2D eigenvalue weighted by Gasteiger charge is -2.33. The van der Waals surface area contributed by atoms with Crippen molar-refractivity contribution in [2.75, 3.05) is 19.8 Å². The second kappa shape index (κ2) is 7.07. The van der Waals surface area contributed by atoms with Gasteiger partial charge in [0.05, 0.1) is 13.2 Å². The smallest absolute Gasteiger partial charge is 0.280 e. The maximum Gasteiger partial charge on any atom is 0.280 e. The van der Waals surface area contributed by atoms with Gasteiger partial charge in [-0.2, -0.15) is 17.4 Å². The number of hydrogen-bond donors (Lipinski definition) is 1. The quantitative estimate of drug-likeness (QED) is 0.895. The third-order valence-corrected chi connectivity index (χ3v) is 5.53. The predicted molar refractivity (Wildman–Crippen MR) is 83.7 cm³/mol. The Bertz CT molecular complexity index is 562. The van der Waals surface area contributed by atoms with Crippen LogP contribution in [0.5, 0.6) is 0 Å². The number of hydrogen-bond acceptors (Lipinski definition) is 3. The Labute approximate surface area is 131 Å². The molecule has 1 N–H and O–H groups in total. The Balaban J connectivity index is 1.97. The highest BCUT2D eigenvalue weighted by Crippen LogP contribution is 2.14. The van der Waals surface area contributed by atoms with Crippen LogP contribution in [0.15, 0.2) is 24.3 Å². The van der Waals surface area contributed by atoms with Crippen LogP contribution < -0.4 is 4.72 Å². The fraction of sp³-hybridized carbons (Fsp3) is 0.571. The Morgan fingerprint density at radius 3 is 2.71 bits per heavy atom. The fourth-order valence-electron chi connectivity index (χ4n) is 2.41. The molecule has 21 heavy (non-hydrogen) atoms. The van der Waals surface area contributed by atoms with E-state index in [9.17, 15) is 8.42 Å². The molecule has 1 heterocycles. The van der Waals surface area contributed by atoms with Crippen LogP contribution in [0.2, 0.25) is 5.02 Å². The van der Waals surface area contributed by atoms with Crippen LogP contribution in [0, 0.1) is 0 Å². The van der Waals surface area contributed by atoms with Gasteiger partial charge in [0.15, 0.2) is 0 Å². The molecule has 5 nitrogen and oxygen atoms in total. The molecule has 0 amide bonds. The first kappa shape index (κ1) is 16.7. The van der Waals surface area contributed by atoms with E-state index < -0.39 is 10.2 Å². The van der Waals surface area contributed by atoms with Crippen molar-refractivity contribution >= 4 is 21.8 Å². The summed E-state index contributed by atoms with van der Waals surface area (Å²) in [6, 6.07) is 7.10. The predicted octanol–water partition coefficient (Wildman–Crippen LogP) is 1.83. The first-order valence-electron chi connectivity index (χ1n) is 7.00. The second-order valence-electron chi connectivity index (χ2n) is 5.39. The lowest BCUT2D eigenvalue weighted by atomic mass is 10.1. The minimum atomic E-state index is -3.48. The first-order valence-corrected chi connectivity index (χ1v) is 8.81. The SMILES string of the molecule is CC(Cc1ccc(Cl)cc1)NS(=O)(=O)N1CCOCC1C. The van der Waals surface area contributed by atoms with Gasteiger partial charge in [-0.15, -0.1) is 0 Å². The van der Waals surface area contributed by atoms with E-state index in [1.54, 1.807) is 0 Å². The highest BCUT2D eigenvalue weighted by atomic mass is 35.5. The van der Waals surface area contributed by atoms with Crippen LogP contribution >= 0.6 is 11.6 Å². The van der Waals surface area contributed by atoms with Gasteiger partial charge in [-0.1, -0.05) is 23.7 Å². The molecule has 2 unspecified atom stereocenters. The van der Waals surface area contributed by atoms with Crippen molar-refractivity contribution < 1.29 is 13.2 Å². The zero-order valence-corrected chi connectivity index (χ0v) is 13.8. The number of nitrogens with one attached hydrogen (secondary N) is 1. The number of halogens is 1. The summed E-state index contributed by atoms with van der Waals surface area (Å²) in [5.74, 6) is 0. The molecule has 2 rings (SSSR count). The Hall–Kier alpha value is -0.660. The maximum atomic E-state index is 12.4. The summed E-state index contributed by atoms with van der Waals surface area (Å²) in [4.78, 5) is 0. The highest BCUT2D eigenvalue weighted by Gasteiger charge is 2.30. The number of ether oxygens (including phenoxy) is 1. The summed E-state index contributed by atoms with van der Waals surface area (Å²) in [5.41, 5.74) is 1.05. The molecule has 1 aromatic rings. The van der Waals surface area contributed by atoms with Gasteiger partial charge in [0, 0.05) is 23.7 Å². The van der Waals surface area contributed by atoms with Gasteiger partial charge in [0.25, 0.3) is 10.2 Å². The Morgan fingerprint density at radius 1 is 1.43 bits per heavy atom. The molecule has 0 aliphatic carbocycles. The average molecular weight is 333 g/mol. The van der Waals surface area contributed by atoms with Gasteiger partial charge >= 0.3 is 0 Å². The van der Waals surface area contributed by atoms with Crippen molar-refractivity contribution in [2.24, 2.45) is 0 Å². The van der Waals surface area contributed by atoms with Crippen molar-refractivity contribution in [1.29, 1.82) is 0 Å². The fourth-order valence-corrected chi connectivity index (χ4v) is 4.11. The summed E-state index contributed by atoms with van der Waals surface area (Å²) in [6.07, 6.45) is 0.620. The Morgan fingerprint density at radius 2 is 2.10 bits per heavy atom. The summed E-state index contributed by atoms with van der Waals surface area (Å²) in [7, 11) is -3.48. The molecule has 1 saturated heterocycles. The number of nitrogens with zero attached hydrogens (tertiary/aromatic N) is 1. The summed E-state index contributed by atoms with van der Waals surface area (Å²) in [5, 5.41) is 0.675. The van der Waals surface area contributed by atoms with Gasteiger partial charge < -0.3 is 4.74 Å². The minimum absolute atomic E-state index is 0.140. The number of benzene rings is 1. The summed E-state index contributed by atoms with van der Waals surface area (Å²) >= 11 is 5.84. The highest BCUT2D eigenvalue weighted by molar-refractivity contribution is 7.87. The molecule has 0 bridgehead atoms. The van der Waals surface area contributed by atoms with Gasteiger partial charge in [0.1, 0.15) is 0 Å². The lowest BCUT2D eigenvalue weighted by Crippen LogP contribution is -2.53. The zero-order valence-electron chi connectivity index (χ0n) is 12.3. The van der Waals surface area contributed by atoms with E-state index in [0.29, 0.717) is 31.2 Å². The zero-order chi connectivity index (χ0) is 15.5. The molecule has 1 aromatic carbocycles. The van der Waals surface area contributed by atoms with Crippen LogP contribution in [-0.4, -0.2) is 44.6 Å². The van der Waals surface area contributed by atoms with Gasteiger partial charge in [-0.3, -0.25) is 0 Å². The molecular weight excluding hydrogens is 312 g/mol. The normalized spacial score (nSPS) is 22.1. The second-order valence-corrected chi connectivity index (χ2v) is 7.48. The third kappa shape index (κ3) is 4.66. The van der Waals surface area contributed by atoms with E-state index in [1.807, 2.05) is 38.1 Å². The van der Waals surface area contributed by atoms with Crippen molar-refractivity contribution in [1.82, 2.24) is 9.03 Å². The monoisotopic (exact) mass is 332 g/mol. The topological polar surface area (TPSA) is 58.6 Å². The Kier molecular flexibility index (Phi) is 5.62. The number of rotatable bonds is 5. The molecule has 2 atom stereocenters. The van der Waals surface area contributed by atoms with Crippen LogP contribution in [-0.2, 0) is 21.4 Å². The van der Waals surface area contributed by atoms with E-state index in [2.05, 4.69) is 4.72 Å². The van der Waals surface area contributed by atoms with Gasteiger partial charge in [-0.25, -0.2) is 0 Å². The molecular formula is C14H21ClN2O3S. The molecule has 0 saturated carbocycles. The van der Waals surface area contributed by atoms with Crippen molar-refractivity contribution in [3.63, 3.8) is 0 Å². The van der Waals surface area contributed by atoms with Crippen molar-refractivity contribution in [2.45, 2.75) is 32.4 Å². The summed E-state index contributed by atoms with van der Waals surface area (Å²) < 4.78 is 34.2. The van der Waals surface area contributed by atoms with Crippen molar-refractivity contribution in [3.05, 3.63) is 34.9 Å². The molecule has 1 aliphatic heterocycles. The third-order valence-electron chi connectivity index (χ3n) is 3.42. The molecule has 0 aromatic heterocycles. The largest absolute Gasteiger partial charge is 0.378 e. The van der Waals surface area contributed by atoms with Crippen LogP contribution in [0.25, 0.3) is 0 Å². The standard InChI is InChI=1S/C14H21ClN2O3S/c1-11(9-13-3-5-14(15)6-4-13)16-21(18,19)17-7-8-20-10-12(17)2/h3-6,11-12,16H,7-10H2,1-2H3. The maximum absolute atomic E-state index is 12.4. The van der Waals surface area contributed by atoms with Crippen LogP contribution in [0.3, 0.4) is 0 Å². The molecule has 0 spiro atoms. The molecule has 1 aliphatic rings. The van der Waals surface area contributed by atoms with Gasteiger partial charge in [-0.05, 0) is 38.0 Å². The van der Waals surface area contributed by atoms with E-state index in [-0.39, 0.29) is 12.1 Å². The lowest BCUT2D eigenvalue weighted by molar-refractivity contribution is 0.0385. The average Bonchev–Trinajstić information content (AvgIpc) is 2.41. The van der Waals surface area contributed by atoms with Crippen LogP contribution in [0.1, 0.15) is 19.4 Å². The molecule has 0 radical (unpaired) electrons. The van der Waals surface area contributed by atoms with E-state index in [1.165, 1.54) is 4.31 Å². The van der Waals surface area contributed by atoms with E-state index in [4.69, 9.17) is 16.3 Å². The molecule has 1 fully saturated rings. The van der Waals surface area contributed by atoms with Crippen molar-refractivity contribution in [3.8, 4) is 0 Å². The molecule has 118 valence electrons. The minimum Gasteiger partial charge on any atom is -0.378 e. The van der Waals surface area contributed by atoms with Gasteiger partial charge in [0.2, 0.25) is 0 Å². The van der Waals surface area contributed by atoms with E-state index in [0.717, 1.165) is 5.56 Å². The number of morpholine rings is 1. The molecule has 7 heteroatoms. The first-order chi connectivity index (χ1) is 9.88. The summed E-state index contributed by atoms with van der Waals surface area (Å²) in [6.45, 7) is 4.98. The van der Waals surface area contributed by atoms with Crippen LogP contribution in [0.4, 0.5) is 0 Å².